The van der Waals surface area contributed by atoms with Crippen molar-refractivity contribution in [3.63, 3.8) is 0 Å². The topological polar surface area (TPSA) is 103 Å². The van der Waals surface area contributed by atoms with E-state index in [4.69, 9.17) is 22.1 Å². The number of aryl methyl sites for hydroxylation is 1. The lowest BCUT2D eigenvalue weighted by molar-refractivity contribution is 0.453. The highest BCUT2D eigenvalue weighted by atomic mass is 35.5. The van der Waals surface area contributed by atoms with Gasteiger partial charge in [-0.15, -0.1) is 0 Å². The molecule has 0 atom stereocenters. The molecule has 0 spiro atoms. The first kappa shape index (κ1) is 18.9. The van der Waals surface area contributed by atoms with Gasteiger partial charge in [0.15, 0.2) is 11.0 Å². The van der Waals surface area contributed by atoms with Gasteiger partial charge in [0.1, 0.15) is 29.0 Å². The number of anilines is 1. The Morgan fingerprint density at radius 1 is 1.37 bits per heavy atom. The Labute approximate surface area is 163 Å². The summed E-state index contributed by atoms with van der Waals surface area (Å²) in [4.78, 5) is 8.64. The molecule has 0 bridgehead atoms. The fourth-order valence-electron chi connectivity index (χ4n) is 2.34. The van der Waals surface area contributed by atoms with Gasteiger partial charge in [-0.05, 0) is 30.9 Å². The number of thioether (sulfide) groups is 1. The third kappa shape index (κ3) is 3.82. The van der Waals surface area contributed by atoms with Crippen LogP contribution in [0.15, 0.2) is 29.4 Å². The van der Waals surface area contributed by atoms with Gasteiger partial charge in [0.25, 0.3) is 0 Å². The molecule has 3 aromatic rings. The van der Waals surface area contributed by atoms with E-state index in [0.717, 1.165) is 6.07 Å². The van der Waals surface area contributed by atoms with Crippen molar-refractivity contribution in [1.82, 2.24) is 19.7 Å². The summed E-state index contributed by atoms with van der Waals surface area (Å²) >= 11 is 7.30. The smallest absolute Gasteiger partial charge is 0.225 e. The minimum absolute atomic E-state index is 0.111. The summed E-state index contributed by atoms with van der Waals surface area (Å²) in [5.74, 6) is 0.489. The van der Waals surface area contributed by atoms with Gasteiger partial charge in [0, 0.05) is 6.07 Å². The first-order valence-electron chi connectivity index (χ1n) is 7.80. The van der Waals surface area contributed by atoms with Gasteiger partial charge in [0.2, 0.25) is 5.88 Å². The molecule has 138 valence electrons. The van der Waals surface area contributed by atoms with Crippen LogP contribution in [0.3, 0.4) is 0 Å². The van der Waals surface area contributed by atoms with Gasteiger partial charge in [-0.25, -0.2) is 9.37 Å². The average Bonchev–Trinajstić information content (AvgIpc) is 2.99. The van der Waals surface area contributed by atoms with Crippen LogP contribution in [0.4, 0.5) is 10.2 Å². The molecule has 7 nitrogen and oxygen atoms in total. The maximum absolute atomic E-state index is 13.2. The summed E-state index contributed by atoms with van der Waals surface area (Å²) in [5.41, 5.74) is 6.95. The van der Waals surface area contributed by atoms with Crippen LogP contribution >= 0.6 is 23.4 Å². The number of rotatable bonds is 5. The first-order chi connectivity index (χ1) is 13.0. The fraction of sp³-hybridized carbons (Fsp3) is 0.176. The molecule has 1 aromatic carbocycles. The van der Waals surface area contributed by atoms with E-state index in [1.165, 1.54) is 34.6 Å². The van der Waals surface area contributed by atoms with Gasteiger partial charge < -0.3 is 10.5 Å². The number of ether oxygens (including phenoxy) is 1. The number of nitriles is 1. The van der Waals surface area contributed by atoms with Crippen LogP contribution < -0.4 is 10.5 Å². The highest BCUT2D eigenvalue weighted by molar-refractivity contribution is 7.98. The minimum atomic E-state index is -0.471. The van der Waals surface area contributed by atoms with Gasteiger partial charge in [0.05, 0.1) is 10.7 Å². The minimum Gasteiger partial charge on any atom is -0.437 e. The lowest BCUT2D eigenvalue weighted by atomic mass is 10.2. The van der Waals surface area contributed by atoms with Crippen molar-refractivity contribution in [1.29, 1.82) is 5.26 Å². The van der Waals surface area contributed by atoms with Crippen LogP contribution in [0, 0.1) is 17.1 Å². The summed E-state index contributed by atoms with van der Waals surface area (Å²) in [6.45, 7) is 1.88. The molecule has 0 aliphatic carbocycles. The zero-order chi connectivity index (χ0) is 19.6. The lowest BCUT2D eigenvalue weighted by Gasteiger charge is -2.10. The molecule has 10 heteroatoms. The van der Waals surface area contributed by atoms with E-state index in [-0.39, 0.29) is 22.5 Å². The maximum Gasteiger partial charge on any atom is 0.225 e. The second-order valence-electron chi connectivity index (χ2n) is 5.31. The van der Waals surface area contributed by atoms with Crippen LogP contribution in [-0.2, 0) is 6.42 Å². The molecule has 2 aromatic heterocycles. The van der Waals surface area contributed by atoms with Crippen molar-refractivity contribution in [2.45, 2.75) is 18.5 Å². The van der Waals surface area contributed by atoms with Crippen molar-refractivity contribution in [2.24, 2.45) is 0 Å². The molecular weight excluding hydrogens is 391 g/mol. The third-order valence-corrected chi connectivity index (χ3v) is 4.46. The highest BCUT2D eigenvalue weighted by Crippen LogP contribution is 2.31. The Balaban J connectivity index is 2.07. The van der Waals surface area contributed by atoms with Crippen LogP contribution in [-0.4, -0.2) is 26.0 Å². The van der Waals surface area contributed by atoms with Crippen LogP contribution in [0.1, 0.15) is 18.2 Å². The molecule has 2 N–H and O–H groups in total. The van der Waals surface area contributed by atoms with Crippen LogP contribution in [0.5, 0.6) is 11.6 Å². The van der Waals surface area contributed by atoms with Crippen molar-refractivity contribution in [3.05, 3.63) is 46.4 Å². The molecule has 0 unspecified atom stereocenters. The number of nitrogens with zero attached hydrogens (tertiary/aromatic N) is 5. The second-order valence-corrected chi connectivity index (χ2v) is 6.49. The Kier molecular flexibility index (Phi) is 5.48. The standard InChI is InChI=1S/C17H14ClFN6OS/c1-3-12-10(8-20)16(21)25(24-12)14-7-15(23-17(22-14)27-2)26-13-5-4-9(19)6-11(13)18/h4-7H,3,21H2,1-2H3. The van der Waals surface area contributed by atoms with Gasteiger partial charge in [-0.3, -0.25) is 0 Å². The molecule has 0 aliphatic rings. The molecule has 2 heterocycles. The van der Waals surface area contributed by atoms with E-state index in [1.54, 1.807) is 6.26 Å². The molecule has 0 amide bonds. The summed E-state index contributed by atoms with van der Waals surface area (Å²) in [5, 5.41) is 14.2. The molecule has 3 rings (SSSR count). The fourth-order valence-corrected chi connectivity index (χ4v) is 2.91. The lowest BCUT2D eigenvalue weighted by Crippen LogP contribution is -2.07. The number of hydrogen-bond donors (Lipinski definition) is 1. The van der Waals surface area contributed by atoms with Crippen molar-refractivity contribution in [3.8, 4) is 23.5 Å². The number of aromatic nitrogens is 4. The zero-order valence-electron chi connectivity index (χ0n) is 14.4. The molecule has 27 heavy (non-hydrogen) atoms. The van der Waals surface area contributed by atoms with E-state index < -0.39 is 5.82 Å². The highest BCUT2D eigenvalue weighted by Gasteiger charge is 2.18. The van der Waals surface area contributed by atoms with Crippen LogP contribution in [0.2, 0.25) is 5.02 Å². The number of halogens is 2. The number of nitrogens with two attached hydrogens (primary N) is 1. The molecule has 0 radical (unpaired) electrons. The van der Waals surface area contributed by atoms with E-state index in [2.05, 4.69) is 21.1 Å². The summed E-state index contributed by atoms with van der Waals surface area (Å²) in [7, 11) is 0. The quantitative estimate of drug-likeness (QED) is 0.506. The van der Waals surface area contributed by atoms with E-state index in [9.17, 15) is 9.65 Å². The summed E-state index contributed by atoms with van der Waals surface area (Å²) < 4.78 is 20.3. The largest absolute Gasteiger partial charge is 0.437 e. The normalized spacial score (nSPS) is 10.6. The SMILES string of the molecule is CCc1nn(-c2cc(Oc3ccc(F)cc3Cl)nc(SC)n2)c(N)c1C#N. The number of benzene rings is 1. The number of hydrogen-bond acceptors (Lipinski definition) is 7. The maximum atomic E-state index is 13.2. The zero-order valence-corrected chi connectivity index (χ0v) is 16.0. The van der Waals surface area contributed by atoms with Gasteiger partial charge in [-0.1, -0.05) is 30.3 Å². The number of nitrogen functional groups attached to an aromatic ring is 1. The third-order valence-electron chi connectivity index (χ3n) is 3.62. The average molecular weight is 405 g/mol. The molecule has 0 fully saturated rings. The van der Waals surface area contributed by atoms with Gasteiger partial charge in [-0.2, -0.15) is 20.0 Å². The van der Waals surface area contributed by atoms with Crippen molar-refractivity contribution < 1.29 is 9.13 Å². The van der Waals surface area contributed by atoms with Crippen molar-refractivity contribution in [2.75, 3.05) is 12.0 Å². The molecule has 0 saturated carbocycles. The summed E-state index contributed by atoms with van der Waals surface area (Å²) in [6, 6.07) is 7.36. The van der Waals surface area contributed by atoms with E-state index in [0.29, 0.717) is 28.7 Å². The van der Waals surface area contributed by atoms with Gasteiger partial charge >= 0.3 is 0 Å². The predicted molar refractivity (Wildman–Crippen MR) is 101 cm³/mol. The first-order valence-corrected chi connectivity index (χ1v) is 9.40. The molecule has 0 saturated heterocycles. The monoisotopic (exact) mass is 404 g/mol. The Bertz CT molecular complexity index is 1050. The summed E-state index contributed by atoms with van der Waals surface area (Å²) in [6.07, 6.45) is 2.35. The predicted octanol–water partition coefficient (Wildman–Crippen LogP) is 3.99. The van der Waals surface area contributed by atoms with Crippen LogP contribution in [0.25, 0.3) is 5.82 Å². The van der Waals surface area contributed by atoms with E-state index in [1.807, 2.05) is 6.92 Å². The Hall–Kier alpha value is -2.83. The second kappa shape index (κ2) is 7.82. The Morgan fingerprint density at radius 2 is 2.15 bits per heavy atom. The van der Waals surface area contributed by atoms with Crippen molar-refractivity contribution >= 4 is 29.2 Å². The Morgan fingerprint density at radius 3 is 2.74 bits per heavy atom. The molecular formula is C17H14ClFN6OS. The van der Waals surface area contributed by atoms with E-state index >= 15 is 0 Å². The molecule has 0 aliphatic heterocycles.